The number of pyridine rings is 1. The van der Waals surface area contributed by atoms with E-state index in [1.807, 2.05) is 0 Å². The third-order valence-corrected chi connectivity index (χ3v) is 4.79. The molecule has 2 N–H and O–H groups in total. The van der Waals surface area contributed by atoms with Gasteiger partial charge in [0.25, 0.3) is 5.91 Å². The second-order valence-corrected chi connectivity index (χ2v) is 6.78. The van der Waals surface area contributed by atoms with E-state index in [0.717, 1.165) is 25.0 Å². The van der Waals surface area contributed by atoms with Gasteiger partial charge in [-0.25, -0.2) is 4.98 Å². The summed E-state index contributed by atoms with van der Waals surface area (Å²) in [6.07, 6.45) is 4.82. The highest BCUT2D eigenvalue weighted by Crippen LogP contribution is 2.30. The number of nitrogens with zero attached hydrogens (tertiary/aromatic N) is 4. The smallest absolute Gasteiger partial charge is 0.253 e. The number of aromatic hydroxyl groups is 1. The van der Waals surface area contributed by atoms with Crippen LogP contribution in [0.25, 0.3) is 16.9 Å². The molecule has 0 saturated carbocycles. The van der Waals surface area contributed by atoms with Gasteiger partial charge in [-0.05, 0) is 42.7 Å². The molecule has 1 aliphatic rings. The van der Waals surface area contributed by atoms with Crippen molar-refractivity contribution < 1.29 is 14.6 Å². The number of ether oxygens (including phenoxy) is 1. The Kier molecular flexibility index (Phi) is 5.22. The first-order chi connectivity index (χ1) is 14.2. The highest BCUT2D eigenvalue weighted by atomic mass is 16.5. The van der Waals surface area contributed by atoms with Gasteiger partial charge in [-0.1, -0.05) is 12.1 Å². The van der Waals surface area contributed by atoms with Gasteiger partial charge < -0.3 is 15.2 Å². The topological polar surface area (TPSA) is 113 Å². The van der Waals surface area contributed by atoms with Crippen molar-refractivity contribution in [1.82, 2.24) is 20.1 Å². The number of benzene rings is 1. The molecule has 1 fully saturated rings. The number of hydrogen-bond donors (Lipinski definition) is 2. The van der Waals surface area contributed by atoms with Gasteiger partial charge in [0, 0.05) is 12.8 Å². The molecule has 0 spiro atoms. The Bertz CT molecular complexity index is 1050. The zero-order valence-corrected chi connectivity index (χ0v) is 15.6. The van der Waals surface area contributed by atoms with Crippen LogP contribution in [0.3, 0.4) is 0 Å². The SMILES string of the molecule is N#Cc1ccc(-c2cnn(-c3ccc(C(=O)NC4CCCOC4)cn3)c2O)cc1. The molecule has 1 amide bonds. The lowest BCUT2D eigenvalue weighted by Gasteiger charge is -2.23. The van der Waals surface area contributed by atoms with Crippen molar-refractivity contribution in [2.24, 2.45) is 0 Å². The van der Waals surface area contributed by atoms with Gasteiger partial charge >= 0.3 is 0 Å². The lowest BCUT2D eigenvalue weighted by atomic mass is 10.1. The van der Waals surface area contributed by atoms with E-state index in [1.165, 1.54) is 17.1 Å². The van der Waals surface area contributed by atoms with Crippen molar-refractivity contribution >= 4 is 5.91 Å². The first-order valence-corrected chi connectivity index (χ1v) is 9.28. The third-order valence-electron chi connectivity index (χ3n) is 4.79. The molecule has 1 atom stereocenters. The Morgan fingerprint density at radius 2 is 2.07 bits per heavy atom. The number of nitriles is 1. The van der Waals surface area contributed by atoms with E-state index < -0.39 is 0 Å². The standard InChI is InChI=1S/C21H19N5O3/c22-10-14-3-5-15(6-4-14)18-12-24-26(21(18)28)19-8-7-16(11-23-19)20(27)25-17-2-1-9-29-13-17/h3-8,11-12,17,28H,1-2,9,13H2,(H,25,27). The molecule has 1 aliphatic heterocycles. The number of carbonyl (C=O) groups excluding carboxylic acids is 1. The minimum absolute atomic E-state index is 0.0149. The Balaban J connectivity index is 1.51. The van der Waals surface area contributed by atoms with Crippen LogP contribution in [0.5, 0.6) is 5.88 Å². The van der Waals surface area contributed by atoms with Gasteiger partial charge in [0.15, 0.2) is 5.82 Å². The van der Waals surface area contributed by atoms with Crippen LogP contribution in [0.4, 0.5) is 0 Å². The van der Waals surface area contributed by atoms with E-state index in [0.29, 0.717) is 29.1 Å². The predicted octanol–water partition coefficient (Wildman–Crippen LogP) is 2.42. The van der Waals surface area contributed by atoms with Gasteiger partial charge in [0.2, 0.25) is 5.88 Å². The fraction of sp³-hybridized carbons (Fsp3) is 0.238. The second kappa shape index (κ2) is 8.12. The summed E-state index contributed by atoms with van der Waals surface area (Å²) in [6, 6.07) is 12.2. The summed E-state index contributed by atoms with van der Waals surface area (Å²) in [5.74, 6) is 0.112. The second-order valence-electron chi connectivity index (χ2n) is 6.78. The number of nitrogens with one attached hydrogen (secondary N) is 1. The summed E-state index contributed by atoms with van der Waals surface area (Å²) in [7, 11) is 0. The van der Waals surface area contributed by atoms with E-state index in [9.17, 15) is 9.90 Å². The number of amides is 1. The molecule has 1 unspecified atom stereocenters. The lowest BCUT2D eigenvalue weighted by molar-refractivity contribution is 0.0624. The Morgan fingerprint density at radius 1 is 1.24 bits per heavy atom. The fourth-order valence-corrected chi connectivity index (χ4v) is 3.21. The molecular formula is C21H19N5O3. The van der Waals surface area contributed by atoms with Crippen molar-refractivity contribution in [3.63, 3.8) is 0 Å². The maximum atomic E-state index is 12.4. The summed E-state index contributed by atoms with van der Waals surface area (Å²) in [5, 5.41) is 26.6. The monoisotopic (exact) mass is 389 g/mol. The van der Waals surface area contributed by atoms with Crippen LogP contribution >= 0.6 is 0 Å². The summed E-state index contributed by atoms with van der Waals surface area (Å²) in [6.45, 7) is 1.26. The molecule has 0 bridgehead atoms. The van der Waals surface area contributed by atoms with Crippen molar-refractivity contribution in [2.75, 3.05) is 13.2 Å². The molecule has 3 aromatic rings. The normalized spacial score (nSPS) is 16.2. The molecule has 2 aromatic heterocycles. The number of rotatable bonds is 4. The average Bonchev–Trinajstić information content (AvgIpc) is 3.16. The van der Waals surface area contributed by atoms with Crippen LogP contribution < -0.4 is 5.32 Å². The molecular weight excluding hydrogens is 370 g/mol. The molecule has 4 rings (SSSR count). The Labute approximate surface area is 167 Å². The van der Waals surface area contributed by atoms with Crippen LogP contribution in [0.15, 0.2) is 48.8 Å². The van der Waals surface area contributed by atoms with E-state index in [1.54, 1.807) is 36.4 Å². The first-order valence-electron chi connectivity index (χ1n) is 9.28. The summed E-state index contributed by atoms with van der Waals surface area (Å²) in [5.41, 5.74) is 2.23. The molecule has 1 aromatic carbocycles. The molecule has 8 nitrogen and oxygen atoms in total. The maximum Gasteiger partial charge on any atom is 0.253 e. The molecule has 3 heterocycles. The maximum absolute atomic E-state index is 12.4. The summed E-state index contributed by atoms with van der Waals surface area (Å²) in [4.78, 5) is 16.6. The number of hydrogen-bond acceptors (Lipinski definition) is 6. The zero-order chi connectivity index (χ0) is 20.2. The van der Waals surface area contributed by atoms with Gasteiger partial charge in [0.1, 0.15) is 0 Å². The molecule has 146 valence electrons. The molecule has 1 saturated heterocycles. The fourth-order valence-electron chi connectivity index (χ4n) is 3.21. The Morgan fingerprint density at radius 3 is 2.72 bits per heavy atom. The number of aromatic nitrogens is 3. The number of carbonyl (C=O) groups is 1. The van der Waals surface area contributed by atoms with Crippen molar-refractivity contribution in [2.45, 2.75) is 18.9 Å². The lowest BCUT2D eigenvalue weighted by Crippen LogP contribution is -2.40. The van der Waals surface area contributed by atoms with E-state index in [2.05, 4.69) is 21.5 Å². The molecule has 8 heteroatoms. The highest BCUT2D eigenvalue weighted by molar-refractivity contribution is 5.94. The van der Waals surface area contributed by atoms with E-state index in [-0.39, 0.29) is 17.8 Å². The van der Waals surface area contributed by atoms with Crippen LogP contribution in [-0.4, -0.2) is 45.0 Å². The third kappa shape index (κ3) is 3.95. The van der Waals surface area contributed by atoms with Gasteiger partial charge in [-0.15, -0.1) is 0 Å². The average molecular weight is 389 g/mol. The van der Waals surface area contributed by atoms with Crippen LogP contribution in [-0.2, 0) is 4.74 Å². The predicted molar refractivity (Wildman–Crippen MR) is 104 cm³/mol. The summed E-state index contributed by atoms with van der Waals surface area (Å²) >= 11 is 0. The molecule has 0 aliphatic carbocycles. The van der Waals surface area contributed by atoms with E-state index >= 15 is 0 Å². The summed E-state index contributed by atoms with van der Waals surface area (Å²) < 4.78 is 6.67. The Hall–Kier alpha value is -3.70. The highest BCUT2D eigenvalue weighted by Gasteiger charge is 2.18. The van der Waals surface area contributed by atoms with E-state index in [4.69, 9.17) is 10.00 Å². The quantitative estimate of drug-likeness (QED) is 0.708. The van der Waals surface area contributed by atoms with Gasteiger partial charge in [-0.2, -0.15) is 15.0 Å². The molecule has 29 heavy (non-hydrogen) atoms. The minimum atomic E-state index is -0.206. The van der Waals surface area contributed by atoms with Crippen LogP contribution in [0.2, 0.25) is 0 Å². The van der Waals surface area contributed by atoms with Crippen molar-refractivity contribution in [3.05, 3.63) is 59.9 Å². The van der Waals surface area contributed by atoms with Crippen LogP contribution in [0, 0.1) is 11.3 Å². The largest absolute Gasteiger partial charge is 0.493 e. The molecule has 0 radical (unpaired) electrons. The first kappa shape index (κ1) is 18.7. The van der Waals surface area contributed by atoms with Gasteiger partial charge in [0.05, 0.1) is 41.6 Å². The van der Waals surface area contributed by atoms with Gasteiger partial charge in [-0.3, -0.25) is 4.79 Å². The minimum Gasteiger partial charge on any atom is -0.493 e. The zero-order valence-electron chi connectivity index (χ0n) is 15.6. The van der Waals surface area contributed by atoms with Crippen molar-refractivity contribution in [1.29, 1.82) is 5.26 Å². The van der Waals surface area contributed by atoms with Crippen molar-refractivity contribution in [3.8, 4) is 28.9 Å². The van der Waals surface area contributed by atoms with Crippen LogP contribution in [0.1, 0.15) is 28.8 Å².